The third kappa shape index (κ3) is 6.31. The minimum absolute atomic E-state index is 0. The van der Waals surface area contributed by atoms with Crippen molar-refractivity contribution < 1.29 is 14.3 Å². The van der Waals surface area contributed by atoms with Crippen molar-refractivity contribution in [3.63, 3.8) is 0 Å². The highest BCUT2D eigenvalue weighted by Gasteiger charge is 2.20. The fourth-order valence-corrected chi connectivity index (χ4v) is 2.71. The van der Waals surface area contributed by atoms with Gasteiger partial charge in [0.05, 0.1) is 19.3 Å². The third-order valence-electron chi connectivity index (χ3n) is 2.97. The number of carbonyl (C=O) groups is 2. The molecule has 126 valence electrons. The predicted octanol–water partition coefficient (Wildman–Crippen LogP) is 1.81. The van der Waals surface area contributed by atoms with Gasteiger partial charge in [-0.1, -0.05) is 13.8 Å². The molecule has 0 saturated carbocycles. The first kappa shape index (κ1) is 20.9. The molecule has 1 rings (SSSR count). The molecule has 0 aliphatic heterocycles. The molecule has 0 saturated heterocycles. The summed E-state index contributed by atoms with van der Waals surface area (Å²) in [4.78, 5) is 25.9. The second-order valence-electron chi connectivity index (χ2n) is 5.74. The van der Waals surface area contributed by atoms with E-state index in [2.05, 4.69) is 23.9 Å². The van der Waals surface area contributed by atoms with Gasteiger partial charge in [0.15, 0.2) is 0 Å². The predicted molar refractivity (Wildman–Crippen MR) is 91.9 cm³/mol. The number of anilines is 1. The molecule has 22 heavy (non-hydrogen) atoms. The minimum Gasteiger partial charge on any atom is -0.465 e. The van der Waals surface area contributed by atoms with E-state index in [1.54, 1.807) is 11.4 Å². The molecule has 0 atom stereocenters. The van der Waals surface area contributed by atoms with E-state index in [0.29, 0.717) is 23.7 Å². The lowest BCUT2D eigenvalue weighted by Gasteiger charge is -2.28. The van der Waals surface area contributed by atoms with Gasteiger partial charge in [-0.2, -0.15) is 0 Å². The van der Waals surface area contributed by atoms with Crippen LogP contribution in [0.1, 0.15) is 23.5 Å². The maximum absolute atomic E-state index is 12.0. The smallest absolute Gasteiger partial charge is 0.350 e. The number of thiophene rings is 1. The Hall–Kier alpha value is -1.15. The molecule has 1 aromatic heterocycles. The van der Waals surface area contributed by atoms with Crippen LogP contribution in [-0.2, 0) is 9.53 Å². The van der Waals surface area contributed by atoms with Crippen LogP contribution in [0.25, 0.3) is 0 Å². The molecule has 0 unspecified atom stereocenters. The van der Waals surface area contributed by atoms with Crippen LogP contribution in [0.3, 0.4) is 0 Å². The Labute approximate surface area is 141 Å². The van der Waals surface area contributed by atoms with Crippen LogP contribution >= 0.6 is 23.7 Å². The summed E-state index contributed by atoms with van der Waals surface area (Å²) in [6.07, 6.45) is 0. The number of ether oxygens (including phenoxy) is 1. The van der Waals surface area contributed by atoms with Crippen molar-refractivity contribution in [3.05, 3.63) is 16.3 Å². The van der Waals surface area contributed by atoms with E-state index in [-0.39, 0.29) is 30.3 Å². The van der Waals surface area contributed by atoms with Crippen LogP contribution in [0.2, 0.25) is 0 Å². The standard InChI is InChI=1S/C14H23N3O3S.ClH/c1-14(2,8-15)9-17(3)7-11(18)16-10-5-6-21-12(10)13(19)20-4;/h5-6H,7-9,15H2,1-4H3,(H,16,18);1H. The Morgan fingerprint density at radius 3 is 2.64 bits per heavy atom. The molecule has 6 nitrogen and oxygen atoms in total. The molecule has 1 aromatic rings. The largest absolute Gasteiger partial charge is 0.465 e. The van der Waals surface area contributed by atoms with Crippen LogP contribution in [-0.4, -0.2) is 50.6 Å². The molecule has 0 aliphatic rings. The first-order valence-electron chi connectivity index (χ1n) is 6.63. The highest BCUT2D eigenvalue weighted by Crippen LogP contribution is 2.23. The quantitative estimate of drug-likeness (QED) is 0.733. The lowest BCUT2D eigenvalue weighted by molar-refractivity contribution is -0.117. The fraction of sp³-hybridized carbons (Fsp3) is 0.571. The average Bonchev–Trinajstić information content (AvgIpc) is 2.84. The number of methoxy groups -OCH3 is 1. The summed E-state index contributed by atoms with van der Waals surface area (Å²) in [5, 5.41) is 4.48. The number of amides is 1. The number of nitrogens with two attached hydrogens (primary N) is 1. The van der Waals surface area contributed by atoms with Gasteiger partial charge in [-0.3, -0.25) is 9.69 Å². The zero-order valence-electron chi connectivity index (χ0n) is 13.3. The van der Waals surface area contributed by atoms with Crippen molar-refractivity contribution in [1.29, 1.82) is 0 Å². The molecule has 0 bridgehead atoms. The molecule has 1 amide bonds. The number of carbonyl (C=O) groups excluding carboxylic acids is 2. The summed E-state index contributed by atoms with van der Waals surface area (Å²) in [5.41, 5.74) is 6.13. The van der Waals surface area contributed by atoms with E-state index >= 15 is 0 Å². The summed E-state index contributed by atoms with van der Waals surface area (Å²) in [6, 6.07) is 1.69. The maximum Gasteiger partial charge on any atom is 0.350 e. The summed E-state index contributed by atoms with van der Waals surface area (Å²) in [5.74, 6) is -0.619. The fourth-order valence-electron chi connectivity index (χ4n) is 1.94. The monoisotopic (exact) mass is 349 g/mol. The zero-order valence-corrected chi connectivity index (χ0v) is 15.0. The van der Waals surface area contributed by atoms with Gasteiger partial charge in [-0.15, -0.1) is 23.7 Å². The van der Waals surface area contributed by atoms with Crippen LogP contribution in [0, 0.1) is 5.41 Å². The van der Waals surface area contributed by atoms with E-state index in [1.165, 1.54) is 18.4 Å². The maximum atomic E-state index is 12.0. The Kier molecular flexibility index (Phi) is 8.62. The van der Waals surface area contributed by atoms with Crippen molar-refractivity contribution in [2.24, 2.45) is 11.1 Å². The SMILES string of the molecule is COC(=O)c1sccc1NC(=O)CN(C)CC(C)(C)CN.Cl. The van der Waals surface area contributed by atoms with Gasteiger partial charge in [0.1, 0.15) is 4.88 Å². The average molecular weight is 350 g/mol. The Morgan fingerprint density at radius 1 is 1.45 bits per heavy atom. The molecule has 3 N–H and O–H groups in total. The second-order valence-corrected chi connectivity index (χ2v) is 6.66. The van der Waals surface area contributed by atoms with Gasteiger partial charge >= 0.3 is 5.97 Å². The number of nitrogens with zero attached hydrogens (tertiary/aromatic N) is 1. The molecule has 8 heteroatoms. The van der Waals surface area contributed by atoms with Crippen molar-refractivity contribution in [2.75, 3.05) is 39.1 Å². The van der Waals surface area contributed by atoms with Gasteiger partial charge in [0.2, 0.25) is 5.91 Å². The Balaban J connectivity index is 0.00000441. The Bertz CT molecular complexity index is 505. The van der Waals surface area contributed by atoms with E-state index in [0.717, 1.165) is 0 Å². The number of rotatable bonds is 7. The number of hydrogen-bond acceptors (Lipinski definition) is 6. The highest BCUT2D eigenvalue weighted by molar-refractivity contribution is 7.12. The lowest BCUT2D eigenvalue weighted by Crippen LogP contribution is -2.40. The molecule has 0 spiro atoms. The Morgan fingerprint density at radius 2 is 2.09 bits per heavy atom. The van der Waals surface area contributed by atoms with Crippen molar-refractivity contribution in [3.8, 4) is 0 Å². The zero-order chi connectivity index (χ0) is 16.0. The second kappa shape index (κ2) is 9.09. The van der Waals surface area contributed by atoms with E-state index in [9.17, 15) is 9.59 Å². The number of esters is 1. The summed E-state index contributed by atoms with van der Waals surface area (Å²) in [6.45, 7) is 5.60. The van der Waals surface area contributed by atoms with Gasteiger partial charge in [-0.05, 0) is 30.5 Å². The summed E-state index contributed by atoms with van der Waals surface area (Å²) >= 11 is 1.24. The molecule has 0 aliphatic carbocycles. The van der Waals surface area contributed by atoms with Crippen molar-refractivity contribution >= 4 is 41.3 Å². The van der Waals surface area contributed by atoms with Crippen LogP contribution in [0.15, 0.2) is 11.4 Å². The highest BCUT2D eigenvalue weighted by atomic mass is 35.5. The minimum atomic E-state index is -0.446. The first-order chi connectivity index (χ1) is 9.79. The lowest BCUT2D eigenvalue weighted by atomic mass is 9.93. The van der Waals surface area contributed by atoms with Gasteiger partial charge < -0.3 is 15.8 Å². The van der Waals surface area contributed by atoms with E-state index in [1.807, 2.05) is 11.9 Å². The normalized spacial score (nSPS) is 11.0. The van der Waals surface area contributed by atoms with Gasteiger partial charge in [0, 0.05) is 6.54 Å². The van der Waals surface area contributed by atoms with E-state index < -0.39 is 5.97 Å². The van der Waals surface area contributed by atoms with Crippen molar-refractivity contribution in [1.82, 2.24) is 4.90 Å². The molecule has 0 fully saturated rings. The van der Waals surface area contributed by atoms with Crippen LogP contribution < -0.4 is 11.1 Å². The summed E-state index contributed by atoms with van der Waals surface area (Å²) in [7, 11) is 3.18. The number of hydrogen-bond donors (Lipinski definition) is 2. The molecular weight excluding hydrogens is 326 g/mol. The number of halogens is 1. The topological polar surface area (TPSA) is 84.7 Å². The van der Waals surface area contributed by atoms with Crippen LogP contribution in [0.5, 0.6) is 0 Å². The number of nitrogens with one attached hydrogen (secondary N) is 1. The van der Waals surface area contributed by atoms with Gasteiger partial charge in [0.25, 0.3) is 0 Å². The van der Waals surface area contributed by atoms with Crippen molar-refractivity contribution in [2.45, 2.75) is 13.8 Å². The molecule has 0 radical (unpaired) electrons. The van der Waals surface area contributed by atoms with Crippen LogP contribution in [0.4, 0.5) is 5.69 Å². The molecule has 0 aromatic carbocycles. The number of likely N-dealkylation sites (N-methyl/N-ethyl adjacent to an activating group) is 1. The van der Waals surface area contributed by atoms with Gasteiger partial charge in [-0.25, -0.2) is 4.79 Å². The molecule has 1 heterocycles. The molecular formula is C14H24ClN3O3S. The summed E-state index contributed by atoms with van der Waals surface area (Å²) < 4.78 is 4.67. The van der Waals surface area contributed by atoms with E-state index in [4.69, 9.17) is 5.73 Å². The first-order valence-corrected chi connectivity index (χ1v) is 7.51. The third-order valence-corrected chi connectivity index (χ3v) is 3.87.